The summed E-state index contributed by atoms with van der Waals surface area (Å²) < 4.78 is 10.3. The number of benzene rings is 1. The molecular weight excluding hydrogens is 236 g/mol. The van der Waals surface area contributed by atoms with Gasteiger partial charge in [-0.1, -0.05) is 6.07 Å². The van der Waals surface area contributed by atoms with E-state index in [0.29, 0.717) is 17.1 Å². The first kappa shape index (κ1) is 14.3. The van der Waals surface area contributed by atoms with Crippen LogP contribution in [0.4, 0.5) is 0 Å². The highest BCUT2D eigenvalue weighted by Gasteiger charge is 2.20. The summed E-state index contributed by atoms with van der Waals surface area (Å²) in [5.74, 6) is 0.128. The molecule has 6 nitrogen and oxygen atoms in total. The average Bonchev–Trinajstić information content (AvgIpc) is 2.37. The Hall–Kier alpha value is -1.79. The van der Waals surface area contributed by atoms with Gasteiger partial charge in [0, 0.05) is 17.7 Å². The van der Waals surface area contributed by atoms with Gasteiger partial charge < -0.3 is 26.0 Å². The first-order valence-electron chi connectivity index (χ1n) is 5.45. The van der Waals surface area contributed by atoms with Crippen LogP contribution in [0.3, 0.4) is 0 Å². The molecule has 100 valence electrons. The molecule has 2 atom stereocenters. The van der Waals surface area contributed by atoms with Crippen molar-refractivity contribution in [3.63, 3.8) is 0 Å². The van der Waals surface area contributed by atoms with Crippen LogP contribution in [0, 0.1) is 0 Å². The lowest BCUT2D eigenvalue weighted by Gasteiger charge is -2.18. The van der Waals surface area contributed by atoms with E-state index >= 15 is 0 Å². The van der Waals surface area contributed by atoms with Gasteiger partial charge in [0.1, 0.15) is 17.5 Å². The van der Waals surface area contributed by atoms with E-state index in [-0.39, 0.29) is 6.42 Å². The topological polar surface area (TPSA) is 108 Å². The van der Waals surface area contributed by atoms with Crippen molar-refractivity contribution in [2.24, 2.45) is 11.5 Å². The third-order valence-corrected chi connectivity index (χ3v) is 2.67. The Morgan fingerprint density at radius 3 is 2.50 bits per heavy atom. The molecule has 5 N–H and O–H groups in total. The third-order valence-electron chi connectivity index (χ3n) is 2.67. The largest absolute Gasteiger partial charge is 0.497 e. The van der Waals surface area contributed by atoms with Gasteiger partial charge in [0.25, 0.3) is 0 Å². The number of ether oxygens (including phenoxy) is 2. The average molecular weight is 254 g/mol. The molecule has 0 heterocycles. The zero-order chi connectivity index (χ0) is 13.7. The van der Waals surface area contributed by atoms with E-state index in [9.17, 15) is 4.79 Å². The number of hydrogen-bond acceptors (Lipinski definition) is 5. The van der Waals surface area contributed by atoms with Crippen LogP contribution in [0.25, 0.3) is 0 Å². The monoisotopic (exact) mass is 254 g/mol. The van der Waals surface area contributed by atoms with Gasteiger partial charge in [0.15, 0.2) is 0 Å². The Balaban J connectivity index is 2.91. The molecule has 1 rings (SSSR count). The number of aliphatic carboxylic acids is 1. The Morgan fingerprint density at radius 1 is 1.33 bits per heavy atom. The molecule has 0 aliphatic rings. The van der Waals surface area contributed by atoms with Crippen LogP contribution < -0.4 is 20.9 Å². The van der Waals surface area contributed by atoms with Crippen molar-refractivity contribution < 1.29 is 19.4 Å². The van der Waals surface area contributed by atoms with Gasteiger partial charge in [-0.05, 0) is 12.5 Å². The molecular formula is C12H18N2O4. The van der Waals surface area contributed by atoms with Gasteiger partial charge in [-0.15, -0.1) is 0 Å². The second kappa shape index (κ2) is 6.23. The number of nitrogens with two attached hydrogens (primary N) is 2. The summed E-state index contributed by atoms with van der Waals surface area (Å²) in [6.45, 7) is 0. The number of carboxylic acid groups (broad SMARTS) is 1. The van der Waals surface area contributed by atoms with Crippen molar-refractivity contribution in [2.75, 3.05) is 14.2 Å². The Bertz CT molecular complexity index is 423. The highest BCUT2D eigenvalue weighted by atomic mass is 16.5. The number of carboxylic acids is 1. The SMILES string of the molecule is COc1ccc(C(N)CC(N)C(=O)O)c(OC)c1. The maximum atomic E-state index is 10.7. The number of hydrogen-bond donors (Lipinski definition) is 3. The predicted octanol–water partition coefficient (Wildman–Crippen LogP) is 0.506. The lowest BCUT2D eigenvalue weighted by Crippen LogP contribution is -2.33. The van der Waals surface area contributed by atoms with Crippen molar-refractivity contribution in [1.29, 1.82) is 0 Å². The van der Waals surface area contributed by atoms with Crippen molar-refractivity contribution in [1.82, 2.24) is 0 Å². The smallest absolute Gasteiger partial charge is 0.320 e. The minimum atomic E-state index is -1.07. The summed E-state index contributed by atoms with van der Waals surface area (Å²) in [4.78, 5) is 10.7. The molecule has 0 bridgehead atoms. The summed E-state index contributed by atoms with van der Waals surface area (Å²) in [7, 11) is 3.07. The maximum absolute atomic E-state index is 10.7. The predicted molar refractivity (Wildman–Crippen MR) is 66.7 cm³/mol. The molecule has 0 amide bonds. The number of rotatable bonds is 6. The van der Waals surface area contributed by atoms with Gasteiger partial charge in [0.05, 0.1) is 14.2 Å². The Labute approximate surface area is 105 Å². The van der Waals surface area contributed by atoms with E-state index in [0.717, 1.165) is 0 Å². The molecule has 0 aliphatic heterocycles. The van der Waals surface area contributed by atoms with Gasteiger partial charge in [0.2, 0.25) is 0 Å². The quantitative estimate of drug-likeness (QED) is 0.682. The second-order valence-electron chi connectivity index (χ2n) is 3.89. The van der Waals surface area contributed by atoms with Crippen LogP contribution in [-0.4, -0.2) is 31.3 Å². The summed E-state index contributed by atoms with van der Waals surface area (Å²) in [5, 5.41) is 8.75. The minimum Gasteiger partial charge on any atom is -0.497 e. The van der Waals surface area contributed by atoms with E-state index in [1.54, 1.807) is 25.3 Å². The van der Waals surface area contributed by atoms with Crippen molar-refractivity contribution >= 4 is 5.97 Å². The van der Waals surface area contributed by atoms with E-state index < -0.39 is 18.1 Å². The molecule has 6 heteroatoms. The van der Waals surface area contributed by atoms with Gasteiger partial charge >= 0.3 is 5.97 Å². The molecule has 1 aromatic carbocycles. The zero-order valence-electron chi connectivity index (χ0n) is 10.4. The van der Waals surface area contributed by atoms with Crippen LogP contribution in [0.1, 0.15) is 18.0 Å². The van der Waals surface area contributed by atoms with Crippen LogP contribution in [0.15, 0.2) is 18.2 Å². The van der Waals surface area contributed by atoms with Gasteiger partial charge in [-0.3, -0.25) is 4.79 Å². The molecule has 18 heavy (non-hydrogen) atoms. The van der Waals surface area contributed by atoms with Crippen LogP contribution >= 0.6 is 0 Å². The highest BCUT2D eigenvalue weighted by molar-refractivity contribution is 5.73. The number of methoxy groups -OCH3 is 2. The van der Waals surface area contributed by atoms with E-state index in [2.05, 4.69) is 0 Å². The number of carbonyl (C=O) groups is 1. The molecule has 2 unspecified atom stereocenters. The van der Waals surface area contributed by atoms with E-state index in [1.807, 2.05) is 0 Å². The normalized spacial score (nSPS) is 13.8. The van der Waals surface area contributed by atoms with Crippen molar-refractivity contribution in [2.45, 2.75) is 18.5 Å². The van der Waals surface area contributed by atoms with E-state index in [4.69, 9.17) is 26.0 Å². The molecule has 0 fully saturated rings. The molecule has 0 aliphatic carbocycles. The standard InChI is InChI=1S/C12H18N2O4/c1-17-7-3-4-8(11(5-7)18-2)9(13)6-10(14)12(15)16/h3-5,9-10H,6,13-14H2,1-2H3,(H,15,16). The lowest BCUT2D eigenvalue weighted by atomic mass is 9.99. The summed E-state index contributed by atoms with van der Waals surface area (Å²) in [5.41, 5.74) is 12.1. The summed E-state index contributed by atoms with van der Waals surface area (Å²) >= 11 is 0. The van der Waals surface area contributed by atoms with E-state index in [1.165, 1.54) is 7.11 Å². The first-order valence-corrected chi connectivity index (χ1v) is 5.45. The molecule has 1 aromatic rings. The third kappa shape index (κ3) is 3.35. The van der Waals surface area contributed by atoms with Crippen molar-refractivity contribution in [3.8, 4) is 11.5 Å². The first-order chi connectivity index (χ1) is 8.49. The Kier molecular flexibility index (Phi) is 4.94. The van der Waals surface area contributed by atoms with Crippen molar-refractivity contribution in [3.05, 3.63) is 23.8 Å². The fourth-order valence-electron chi connectivity index (χ4n) is 1.63. The molecule has 0 spiro atoms. The fourth-order valence-corrected chi connectivity index (χ4v) is 1.63. The highest BCUT2D eigenvalue weighted by Crippen LogP contribution is 2.30. The molecule has 0 saturated carbocycles. The zero-order valence-corrected chi connectivity index (χ0v) is 10.4. The lowest BCUT2D eigenvalue weighted by molar-refractivity contribution is -0.138. The summed E-state index contributed by atoms with van der Waals surface area (Å²) in [6, 6.07) is 3.69. The summed E-state index contributed by atoms with van der Waals surface area (Å²) in [6.07, 6.45) is 0.137. The van der Waals surface area contributed by atoms with Gasteiger partial charge in [-0.2, -0.15) is 0 Å². The molecule has 0 saturated heterocycles. The fraction of sp³-hybridized carbons (Fsp3) is 0.417. The molecule has 0 radical (unpaired) electrons. The van der Waals surface area contributed by atoms with Gasteiger partial charge in [-0.25, -0.2) is 0 Å². The maximum Gasteiger partial charge on any atom is 0.320 e. The van der Waals surface area contributed by atoms with Crippen LogP contribution in [-0.2, 0) is 4.79 Å². The van der Waals surface area contributed by atoms with Crippen LogP contribution in [0.5, 0.6) is 11.5 Å². The van der Waals surface area contributed by atoms with Crippen LogP contribution in [0.2, 0.25) is 0 Å². The Morgan fingerprint density at radius 2 is 2.00 bits per heavy atom. The minimum absolute atomic E-state index is 0.137. The molecule has 0 aromatic heterocycles. The second-order valence-corrected chi connectivity index (χ2v) is 3.89.